The van der Waals surface area contributed by atoms with E-state index in [-0.39, 0.29) is 25.3 Å². The van der Waals surface area contributed by atoms with Gasteiger partial charge in [0, 0.05) is 34.6 Å². The molecule has 2 aromatic rings. The molecule has 1 heterocycles. The summed E-state index contributed by atoms with van der Waals surface area (Å²) in [6.45, 7) is 1.57. The molecule has 30 heavy (non-hydrogen) atoms. The van der Waals surface area contributed by atoms with E-state index >= 15 is 0 Å². The first-order valence-corrected chi connectivity index (χ1v) is 10.3. The third kappa shape index (κ3) is 8.58. The number of hydrogen-bond donors (Lipinski definition) is 3. The number of hydrogen-bond acceptors (Lipinski definition) is 7. The minimum atomic E-state index is -0.664. The van der Waals surface area contributed by atoms with Crippen molar-refractivity contribution < 1.29 is 23.9 Å². The summed E-state index contributed by atoms with van der Waals surface area (Å²) >= 11 is 7.12. The molecule has 0 saturated carbocycles. The molecule has 0 atom stereocenters. The Kier molecular flexibility index (Phi) is 9.23. The number of amides is 3. The summed E-state index contributed by atoms with van der Waals surface area (Å²) in [6.07, 6.45) is 0.425. The maximum absolute atomic E-state index is 11.9. The molecule has 11 heteroatoms. The van der Waals surface area contributed by atoms with E-state index in [9.17, 15) is 19.2 Å². The van der Waals surface area contributed by atoms with Gasteiger partial charge in [-0.1, -0.05) is 11.6 Å². The second-order valence-electron chi connectivity index (χ2n) is 6.18. The monoisotopic (exact) mass is 452 g/mol. The van der Waals surface area contributed by atoms with Crippen LogP contribution in [0.5, 0.6) is 0 Å². The molecule has 0 aliphatic heterocycles. The van der Waals surface area contributed by atoms with Crippen molar-refractivity contribution in [3.8, 4) is 0 Å². The molecule has 0 radical (unpaired) electrons. The highest BCUT2D eigenvalue weighted by molar-refractivity contribution is 7.09. The standard InChI is InChI=1S/C19H21ClN4O5S/c1-12-11-30-17(22-12)9-15(25)23-24-16(26)10-29-18(27)3-2-8-21-19(28)13-4-6-14(20)7-5-13/h4-7,11H,2-3,8-10H2,1H3,(H,21,28)(H,23,25)(H,24,26). The molecule has 0 fully saturated rings. The van der Waals surface area contributed by atoms with E-state index in [0.29, 0.717) is 22.0 Å². The van der Waals surface area contributed by atoms with Crippen LogP contribution < -0.4 is 16.2 Å². The third-order valence-corrected chi connectivity index (χ3v) is 4.85. The normalized spacial score (nSPS) is 10.2. The van der Waals surface area contributed by atoms with Crippen molar-refractivity contribution in [1.82, 2.24) is 21.2 Å². The Bertz CT molecular complexity index is 901. The number of rotatable bonds is 9. The van der Waals surface area contributed by atoms with Gasteiger partial charge >= 0.3 is 5.97 Å². The minimum absolute atomic E-state index is 0.0317. The highest BCUT2D eigenvalue weighted by Gasteiger charge is 2.11. The lowest BCUT2D eigenvalue weighted by molar-refractivity contribution is -0.149. The first-order chi connectivity index (χ1) is 14.3. The molecule has 3 amide bonds. The van der Waals surface area contributed by atoms with Crippen LogP contribution in [-0.2, 0) is 25.5 Å². The molecule has 0 spiro atoms. The van der Waals surface area contributed by atoms with E-state index < -0.39 is 24.4 Å². The Morgan fingerprint density at radius 3 is 2.47 bits per heavy atom. The van der Waals surface area contributed by atoms with Crippen molar-refractivity contribution in [1.29, 1.82) is 0 Å². The topological polar surface area (TPSA) is 126 Å². The Hall–Kier alpha value is -2.98. The van der Waals surface area contributed by atoms with Gasteiger partial charge in [-0.25, -0.2) is 4.98 Å². The fourth-order valence-electron chi connectivity index (χ4n) is 2.20. The van der Waals surface area contributed by atoms with Gasteiger partial charge in [0.05, 0.1) is 6.42 Å². The SMILES string of the molecule is Cc1csc(CC(=O)NNC(=O)COC(=O)CCCNC(=O)c2ccc(Cl)cc2)n1. The van der Waals surface area contributed by atoms with Crippen molar-refractivity contribution >= 4 is 46.6 Å². The molecular formula is C19H21ClN4O5S. The molecule has 9 nitrogen and oxygen atoms in total. The maximum atomic E-state index is 11.9. The number of hydrazine groups is 1. The number of esters is 1. The summed E-state index contributed by atoms with van der Waals surface area (Å²) in [4.78, 5) is 51.0. The van der Waals surface area contributed by atoms with E-state index in [2.05, 4.69) is 21.2 Å². The number of nitrogens with zero attached hydrogens (tertiary/aromatic N) is 1. The van der Waals surface area contributed by atoms with E-state index in [1.807, 2.05) is 12.3 Å². The highest BCUT2D eigenvalue weighted by atomic mass is 35.5. The van der Waals surface area contributed by atoms with Gasteiger partial charge in [0.1, 0.15) is 5.01 Å². The van der Waals surface area contributed by atoms with Gasteiger partial charge in [-0.05, 0) is 37.6 Å². The second kappa shape index (κ2) is 11.9. The van der Waals surface area contributed by atoms with Gasteiger partial charge in [0.15, 0.2) is 6.61 Å². The Morgan fingerprint density at radius 1 is 1.10 bits per heavy atom. The fourth-order valence-corrected chi connectivity index (χ4v) is 3.09. The van der Waals surface area contributed by atoms with Crippen molar-refractivity contribution in [2.45, 2.75) is 26.2 Å². The number of nitrogens with one attached hydrogen (secondary N) is 3. The number of halogens is 1. The van der Waals surface area contributed by atoms with E-state index in [1.54, 1.807) is 24.3 Å². The molecule has 0 aliphatic rings. The molecule has 3 N–H and O–H groups in total. The van der Waals surface area contributed by atoms with Gasteiger partial charge in [-0.15, -0.1) is 11.3 Å². The van der Waals surface area contributed by atoms with E-state index in [0.717, 1.165) is 5.69 Å². The van der Waals surface area contributed by atoms with Crippen LogP contribution in [0.15, 0.2) is 29.6 Å². The second-order valence-corrected chi connectivity index (χ2v) is 7.56. The van der Waals surface area contributed by atoms with Crippen LogP contribution in [0.4, 0.5) is 0 Å². The predicted molar refractivity (Wildman–Crippen MR) is 111 cm³/mol. The lowest BCUT2D eigenvalue weighted by Gasteiger charge is -2.08. The average molecular weight is 453 g/mol. The largest absolute Gasteiger partial charge is 0.455 e. The van der Waals surface area contributed by atoms with Crippen molar-refractivity contribution in [3.05, 3.63) is 50.9 Å². The van der Waals surface area contributed by atoms with Gasteiger partial charge in [0.25, 0.3) is 11.8 Å². The van der Waals surface area contributed by atoms with Crippen molar-refractivity contribution in [2.24, 2.45) is 0 Å². The summed E-state index contributed by atoms with van der Waals surface area (Å²) < 4.78 is 4.82. The lowest BCUT2D eigenvalue weighted by Crippen LogP contribution is -2.44. The Balaban J connectivity index is 1.54. The third-order valence-electron chi connectivity index (χ3n) is 3.63. The number of benzene rings is 1. The summed E-state index contributed by atoms with van der Waals surface area (Å²) in [5.74, 6) is -1.96. The summed E-state index contributed by atoms with van der Waals surface area (Å²) in [6, 6.07) is 6.42. The van der Waals surface area contributed by atoms with E-state index in [4.69, 9.17) is 16.3 Å². The minimum Gasteiger partial charge on any atom is -0.455 e. The molecule has 2 rings (SSSR count). The molecule has 0 aliphatic carbocycles. The van der Waals surface area contributed by atoms with Gasteiger partial charge in [-0.2, -0.15) is 0 Å². The lowest BCUT2D eigenvalue weighted by atomic mass is 10.2. The summed E-state index contributed by atoms with van der Waals surface area (Å²) in [7, 11) is 0. The molecule has 0 saturated heterocycles. The number of aryl methyl sites for hydroxylation is 1. The highest BCUT2D eigenvalue weighted by Crippen LogP contribution is 2.09. The van der Waals surface area contributed by atoms with Crippen molar-refractivity contribution in [2.75, 3.05) is 13.2 Å². The summed E-state index contributed by atoms with van der Waals surface area (Å²) in [5.41, 5.74) is 5.68. The number of carbonyl (C=O) groups is 4. The molecular weight excluding hydrogens is 432 g/mol. The quantitative estimate of drug-likeness (QED) is 0.301. The molecule has 0 bridgehead atoms. The number of aromatic nitrogens is 1. The van der Waals surface area contributed by atoms with Gasteiger partial charge in [-0.3, -0.25) is 30.0 Å². The van der Waals surface area contributed by atoms with Gasteiger partial charge < -0.3 is 10.1 Å². The zero-order valence-corrected chi connectivity index (χ0v) is 17.8. The van der Waals surface area contributed by atoms with Crippen molar-refractivity contribution in [3.63, 3.8) is 0 Å². The summed E-state index contributed by atoms with van der Waals surface area (Å²) in [5, 5.41) is 5.66. The van der Waals surface area contributed by atoms with Crippen LogP contribution in [0.3, 0.4) is 0 Å². The van der Waals surface area contributed by atoms with Crippen LogP contribution in [0.2, 0.25) is 5.02 Å². The molecule has 160 valence electrons. The van der Waals surface area contributed by atoms with Crippen LogP contribution in [0, 0.1) is 6.92 Å². The maximum Gasteiger partial charge on any atom is 0.306 e. The Labute approximate surface area is 182 Å². The average Bonchev–Trinajstić information content (AvgIpc) is 3.12. The first kappa shape index (κ1) is 23.3. The molecule has 1 aromatic carbocycles. The number of thiazole rings is 1. The Morgan fingerprint density at radius 2 is 1.80 bits per heavy atom. The molecule has 0 unspecified atom stereocenters. The zero-order chi connectivity index (χ0) is 21.9. The number of carbonyl (C=O) groups excluding carboxylic acids is 4. The fraction of sp³-hybridized carbons (Fsp3) is 0.316. The van der Waals surface area contributed by atoms with Crippen LogP contribution >= 0.6 is 22.9 Å². The van der Waals surface area contributed by atoms with Crippen LogP contribution in [-0.4, -0.2) is 41.8 Å². The molecule has 1 aromatic heterocycles. The van der Waals surface area contributed by atoms with E-state index in [1.165, 1.54) is 11.3 Å². The smallest absolute Gasteiger partial charge is 0.306 e. The van der Waals surface area contributed by atoms with Crippen LogP contribution in [0.1, 0.15) is 33.9 Å². The number of ether oxygens (including phenoxy) is 1. The van der Waals surface area contributed by atoms with Gasteiger partial charge in [0.2, 0.25) is 5.91 Å². The predicted octanol–water partition coefficient (Wildman–Crippen LogP) is 1.55. The zero-order valence-electron chi connectivity index (χ0n) is 16.2. The van der Waals surface area contributed by atoms with Crippen LogP contribution in [0.25, 0.3) is 0 Å². The first-order valence-electron chi connectivity index (χ1n) is 9.01.